The monoisotopic (exact) mass is 343 g/mol. The highest BCUT2D eigenvalue weighted by molar-refractivity contribution is 5.80. The summed E-state index contributed by atoms with van der Waals surface area (Å²) in [6.45, 7) is 0. The molecule has 2 aromatic rings. The Morgan fingerprint density at radius 2 is 1.72 bits per heavy atom. The first-order valence-corrected chi connectivity index (χ1v) is 7.80. The summed E-state index contributed by atoms with van der Waals surface area (Å²) in [5.74, 6) is 0.0278. The van der Waals surface area contributed by atoms with E-state index in [1.54, 1.807) is 50.6 Å². The van der Waals surface area contributed by atoms with E-state index in [0.717, 1.165) is 5.56 Å². The van der Waals surface area contributed by atoms with Crippen molar-refractivity contribution >= 4 is 11.9 Å². The summed E-state index contributed by atoms with van der Waals surface area (Å²) in [6.07, 6.45) is -0.0969. The predicted molar refractivity (Wildman–Crippen MR) is 92.8 cm³/mol. The first kappa shape index (κ1) is 18.3. The molecule has 0 saturated heterocycles. The number of rotatable bonds is 8. The Hall–Kier alpha value is -3.02. The minimum absolute atomic E-state index is 0.107. The van der Waals surface area contributed by atoms with Gasteiger partial charge in [-0.1, -0.05) is 30.3 Å². The van der Waals surface area contributed by atoms with Crippen molar-refractivity contribution in [2.45, 2.75) is 18.9 Å². The molecule has 6 heteroatoms. The van der Waals surface area contributed by atoms with Gasteiger partial charge in [0.05, 0.1) is 33.1 Å². The van der Waals surface area contributed by atoms with Crippen molar-refractivity contribution < 1.29 is 24.2 Å². The molecule has 0 aliphatic heterocycles. The normalized spacial score (nSPS) is 11.4. The van der Waals surface area contributed by atoms with E-state index in [9.17, 15) is 9.59 Å². The average Bonchev–Trinajstić information content (AvgIpc) is 2.61. The maximum Gasteiger partial charge on any atom is 0.305 e. The maximum atomic E-state index is 12.4. The Bertz CT molecular complexity index is 727. The van der Waals surface area contributed by atoms with Crippen molar-refractivity contribution in [2.24, 2.45) is 0 Å². The molecule has 0 heterocycles. The molecule has 1 unspecified atom stereocenters. The van der Waals surface area contributed by atoms with Crippen LogP contribution in [-0.2, 0) is 16.0 Å². The van der Waals surface area contributed by atoms with Crippen molar-refractivity contribution in [1.29, 1.82) is 0 Å². The summed E-state index contributed by atoms with van der Waals surface area (Å²) in [4.78, 5) is 23.5. The fraction of sp³-hybridized carbons (Fsp3) is 0.263. The molecule has 1 amide bonds. The van der Waals surface area contributed by atoms with E-state index in [1.165, 1.54) is 0 Å². The Labute approximate surface area is 146 Å². The largest absolute Gasteiger partial charge is 0.497 e. The molecule has 2 rings (SSSR count). The molecule has 0 aliphatic carbocycles. The second-order valence-electron chi connectivity index (χ2n) is 5.48. The number of benzene rings is 2. The summed E-state index contributed by atoms with van der Waals surface area (Å²) in [7, 11) is 3.10. The van der Waals surface area contributed by atoms with Crippen LogP contribution in [0.5, 0.6) is 11.5 Å². The number of carboxylic acids is 1. The highest BCUT2D eigenvalue weighted by Crippen LogP contribution is 2.22. The highest BCUT2D eigenvalue weighted by atomic mass is 16.5. The van der Waals surface area contributed by atoms with Crippen LogP contribution < -0.4 is 14.8 Å². The smallest absolute Gasteiger partial charge is 0.305 e. The number of amides is 1. The number of carbonyl (C=O) groups excluding carboxylic acids is 1. The lowest BCUT2D eigenvalue weighted by Gasteiger charge is -2.18. The van der Waals surface area contributed by atoms with Gasteiger partial charge < -0.3 is 19.9 Å². The molecule has 0 fully saturated rings. The van der Waals surface area contributed by atoms with Crippen LogP contribution in [0.1, 0.15) is 23.6 Å². The topological polar surface area (TPSA) is 84.9 Å². The van der Waals surface area contributed by atoms with Gasteiger partial charge in [0.1, 0.15) is 11.5 Å². The Balaban J connectivity index is 2.12. The quantitative estimate of drug-likeness (QED) is 0.769. The SMILES string of the molecule is COc1ccc(C(CC(=O)O)NC(=O)Cc2ccccc2OC)cc1. The van der Waals surface area contributed by atoms with Crippen molar-refractivity contribution in [3.8, 4) is 11.5 Å². The number of aliphatic carboxylic acids is 1. The first-order valence-electron chi connectivity index (χ1n) is 7.80. The van der Waals surface area contributed by atoms with E-state index in [0.29, 0.717) is 17.1 Å². The van der Waals surface area contributed by atoms with Crippen molar-refractivity contribution in [3.63, 3.8) is 0 Å². The molecule has 132 valence electrons. The second kappa shape index (κ2) is 8.73. The zero-order chi connectivity index (χ0) is 18.2. The van der Waals surface area contributed by atoms with Crippen LogP contribution in [0.25, 0.3) is 0 Å². The predicted octanol–water partition coefficient (Wildman–Crippen LogP) is 2.58. The van der Waals surface area contributed by atoms with Crippen LogP contribution in [0, 0.1) is 0 Å². The number of nitrogens with one attached hydrogen (secondary N) is 1. The fourth-order valence-corrected chi connectivity index (χ4v) is 2.53. The van der Waals surface area contributed by atoms with Crippen LogP contribution in [0.4, 0.5) is 0 Å². The van der Waals surface area contributed by atoms with Crippen LogP contribution in [0.15, 0.2) is 48.5 Å². The lowest BCUT2D eigenvalue weighted by molar-refractivity contribution is -0.137. The molecule has 0 aliphatic rings. The zero-order valence-corrected chi connectivity index (χ0v) is 14.2. The maximum absolute atomic E-state index is 12.4. The standard InChI is InChI=1S/C19H21NO5/c1-24-15-9-7-13(8-10-15)16(12-19(22)23)20-18(21)11-14-5-3-4-6-17(14)25-2/h3-10,16H,11-12H2,1-2H3,(H,20,21)(H,22,23). The molecule has 6 nitrogen and oxygen atoms in total. The van der Waals surface area contributed by atoms with E-state index in [2.05, 4.69) is 5.32 Å². The van der Waals surface area contributed by atoms with Gasteiger partial charge in [0, 0.05) is 5.56 Å². The van der Waals surface area contributed by atoms with E-state index in [1.807, 2.05) is 12.1 Å². The number of carbonyl (C=O) groups is 2. The molecule has 0 aromatic heterocycles. The van der Waals surface area contributed by atoms with Gasteiger partial charge in [0.15, 0.2) is 0 Å². The summed E-state index contributed by atoms with van der Waals surface area (Å²) < 4.78 is 10.3. The summed E-state index contributed by atoms with van der Waals surface area (Å²) in [5.41, 5.74) is 1.45. The molecule has 2 aromatic carbocycles. The molecule has 1 atom stereocenters. The third-order valence-electron chi connectivity index (χ3n) is 3.78. The third kappa shape index (κ3) is 5.24. The minimum atomic E-state index is -0.988. The number of carboxylic acid groups (broad SMARTS) is 1. The molecule has 0 spiro atoms. The van der Waals surface area contributed by atoms with Crippen molar-refractivity contribution in [2.75, 3.05) is 14.2 Å². The summed E-state index contributed by atoms with van der Waals surface area (Å²) in [6, 6.07) is 13.6. The van der Waals surface area contributed by atoms with Gasteiger partial charge in [0.2, 0.25) is 5.91 Å². The molecule has 2 N–H and O–H groups in total. The molecule has 0 bridgehead atoms. The highest BCUT2D eigenvalue weighted by Gasteiger charge is 2.19. The lowest BCUT2D eigenvalue weighted by Crippen LogP contribution is -2.31. The summed E-state index contributed by atoms with van der Waals surface area (Å²) >= 11 is 0. The number of hydrogen-bond acceptors (Lipinski definition) is 4. The van der Waals surface area contributed by atoms with Crippen LogP contribution in [0.2, 0.25) is 0 Å². The zero-order valence-electron chi connectivity index (χ0n) is 14.2. The van der Waals surface area contributed by atoms with Crippen molar-refractivity contribution in [3.05, 3.63) is 59.7 Å². The van der Waals surface area contributed by atoms with Crippen LogP contribution >= 0.6 is 0 Å². The van der Waals surface area contributed by atoms with E-state index >= 15 is 0 Å². The third-order valence-corrected chi connectivity index (χ3v) is 3.78. The van der Waals surface area contributed by atoms with Gasteiger partial charge in [-0.2, -0.15) is 0 Å². The van der Waals surface area contributed by atoms with E-state index < -0.39 is 12.0 Å². The van der Waals surface area contributed by atoms with Gasteiger partial charge in [-0.15, -0.1) is 0 Å². The molecule has 0 radical (unpaired) electrons. The van der Waals surface area contributed by atoms with Crippen LogP contribution in [-0.4, -0.2) is 31.2 Å². The van der Waals surface area contributed by atoms with Gasteiger partial charge in [-0.05, 0) is 23.8 Å². The van der Waals surface area contributed by atoms with E-state index in [-0.39, 0.29) is 18.7 Å². The van der Waals surface area contributed by atoms with Crippen molar-refractivity contribution in [1.82, 2.24) is 5.32 Å². The molecule has 25 heavy (non-hydrogen) atoms. The second-order valence-corrected chi connectivity index (χ2v) is 5.48. The van der Waals surface area contributed by atoms with Gasteiger partial charge in [0.25, 0.3) is 0 Å². The Morgan fingerprint density at radius 3 is 2.32 bits per heavy atom. The Morgan fingerprint density at radius 1 is 1.04 bits per heavy atom. The Kier molecular flexibility index (Phi) is 6.39. The van der Waals surface area contributed by atoms with Gasteiger partial charge in [-0.25, -0.2) is 0 Å². The van der Waals surface area contributed by atoms with E-state index in [4.69, 9.17) is 14.6 Å². The average molecular weight is 343 g/mol. The van der Waals surface area contributed by atoms with Gasteiger partial charge >= 0.3 is 5.97 Å². The summed E-state index contributed by atoms with van der Waals surface area (Å²) in [5, 5.41) is 11.9. The molecular formula is C19H21NO5. The number of ether oxygens (including phenoxy) is 2. The molecule has 0 saturated carbocycles. The lowest BCUT2D eigenvalue weighted by atomic mass is 10.0. The number of para-hydroxylation sites is 1. The minimum Gasteiger partial charge on any atom is -0.497 e. The van der Waals surface area contributed by atoms with Crippen LogP contribution in [0.3, 0.4) is 0 Å². The fourth-order valence-electron chi connectivity index (χ4n) is 2.53. The van der Waals surface area contributed by atoms with Gasteiger partial charge in [-0.3, -0.25) is 9.59 Å². The number of methoxy groups -OCH3 is 2. The first-order chi connectivity index (χ1) is 12.0. The number of hydrogen-bond donors (Lipinski definition) is 2. The molecular weight excluding hydrogens is 322 g/mol.